The van der Waals surface area contributed by atoms with Crippen LogP contribution in [0.3, 0.4) is 0 Å². The van der Waals surface area contributed by atoms with Gasteiger partial charge in [-0.3, -0.25) is 9.69 Å². The SMILES string of the molecule is C#CCCC1(CCC(=O)N2CCN(CC3CCOCC3)CC2)N=N1. The van der Waals surface area contributed by atoms with Crippen LogP contribution in [0.15, 0.2) is 10.2 Å². The van der Waals surface area contributed by atoms with Gasteiger partial charge < -0.3 is 9.64 Å². The van der Waals surface area contributed by atoms with E-state index >= 15 is 0 Å². The van der Waals surface area contributed by atoms with Crippen molar-refractivity contribution in [3.05, 3.63) is 0 Å². The number of hydrogen-bond acceptors (Lipinski definition) is 5. The summed E-state index contributed by atoms with van der Waals surface area (Å²) in [5.41, 5.74) is -0.340. The van der Waals surface area contributed by atoms with Crippen molar-refractivity contribution in [1.82, 2.24) is 9.80 Å². The number of hydrogen-bond donors (Lipinski definition) is 0. The van der Waals surface area contributed by atoms with E-state index in [-0.39, 0.29) is 11.6 Å². The Hall–Kier alpha value is -1.45. The molecule has 0 aromatic heterocycles. The lowest BCUT2D eigenvalue weighted by Gasteiger charge is -2.37. The highest BCUT2D eigenvalue weighted by Gasteiger charge is 2.39. The minimum Gasteiger partial charge on any atom is -0.381 e. The summed E-state index contributed by atoms with van der Waals surface area (Å²) in [7, 11) is 0. The van der Waals surface area contributed by atoms with E-state index in [1.54, 1.807) is 0 Å². The van der Waals surface area contributed by atoms with Crippen molar-refractivity contribution in [1.29, 1.82) is 0 Å². The first kappa shape index (κ1) is 17.4. The Morgan fingerprint density at radius 1 is 1.17 bits per heavy atom. The molecule has 6 heteroatoms. The fourth-order valence-electron chi connectivity index (χ4n) is 3.61. The predicted molar refractivity (Wildman–Crippen MR) is 91.5 cm³/mol. The maximum absolute atomic E-state index is 12.4. The number of carbonyl (C=O) groups excluding carboxylic acids is 1. The van der Waals surface area contributed by atoms with Crippen LogP contribution in [-0.2, 0) is 9.53 Å². The molecule has 3 heterocycles. The van der Waals surface area contributed by atoms with E-state index in [0.717, 1.165) is 58.3 Å². The molecular formula is C18H28N4O2. The number of carbonyl (C=O) groups is 1. The van der Waals surface area contributed by atoms with Gasteiger partial charge in [-0.2, -0.15) is 10.2 Å². The third-order valence-electron chi connectivity index (χ3n) is 5.37. The van der Waals surface area contributed by atoms with E-state index in [4.69, 9.17) is 11.2 Å². The Morgan fingerprint density at radius 3 is 2.50 bits per heavy atom. The minimum atomic E-state index is -0.340. The second kappa shape index (κ2) is 8.09. The number of piperazine rings is 1. The average molecular weight is 332 g/mol. The lowest BCUT2D eigenvalue weighted by atomic mass is 9.99. The normalized spacial score (nSPS) is 23.9. The van der Waals surface area contributed by atoms with Crippen LogP contribution in [0.2, 0.25) is 0 Å². The molecule has 3 aliphatic heterocycles. The molecule has 2 saturated heterocycles. The summed E-state index contributed by atoms with van der Waals surface area (Å²) in [5, 5.41) is 8.21. The van der Waals surface area contributed by atoms with Crippen LogP contribution < -0.4 is 0 Å². The molecule has 3 rings (SSSR count). The molecule has 0 bridgehead atoms. The van der Waals surface area contributed by atoms with Crippen molar-refractivity contribution in [2.24, 2.45) is 16.1 Å². The number of rotatable bonds is 7. The molecule has 132 valence electrons. The molecule has 0 saturated carbocycles. The fraction of sp³-hybridized carbons (Fsp3) is 0.833. The van der Waals surface area contributed by atoms with E-state index in [1.165, 1.54) is 12.8 Å². The smallest absolute Gasteiger partial charge is 0.222 e. The van der Waals surface area contributed by atoms with Crippen molar-refractivity contribution in [3.8, 4) is 12.3 Å². The fourth-order valence-corrected chi connectivity index (χ4v) is 3.61. The largest absolute Gasteiger partial charge is 0.381 e. The Kier molecular flexibility index (Phi) is 5.85. The zero-order chi connectivity index (χ0) is 16.8. The highest BCUT2D eigenvalue weighted by molar-refractivity contribution is 5.76. The van der Waals surface area contributed by atoms with Crippen LogP contribution >= 0.6 is 0 Å². The third-order valence-corrected chi connectivity index (χ3v) is 5.37. The quantitative estimate of drug-likeness (QED) is 0.669. The molecule has 0 spiro atoms. The van der Waals surface area contributed by atoms with Crippen molar-refractivity contribution in [2.45, 2.75) is 44.2 Å². The van der Waals surface area contributed by atoms with Crippen molar-refractivity contribution < 1.29 is 9.53 Å². The van der Waals surface area contributed by atoms with Crippen LogP contribution in [0.25, 0.3) is 0 Å². The summed E-state index contributed by atoms with van der Waals surface area (Å²) in [6, 6.07) is 0. The van der Waals surface area contributed by atoms with Crippen LogP contribution in [0.5, 0.6) is 0 Å². The Balaban J connectivity index is 1.34. The van der Waals surface area contributed by atoms with Gasteiger partial charge in [-0.25, -0.2) is 0 Å². The van der Waals surface area contributed by atoms with E-state index in [0.29, 0.717) is 19.3 Å². The molecule has 0 N–H and O–H groups in total. The number of terminal acetylenes is 1. The van der Waals surface area contributed by atoms with Crippen molar-refractivity contribution in [2.75, 3.05) is 45.9 Å². The minimum absolute atomic E-state index is 0.234. The second-order valence-electron chi connectivity index (χ2n) is 7.12. The summed E-state index contributed by atoms with van der Waals surface area (Å²) in [6.45, 7) is 6.61. The number of ether oxygens (including phenoxy) is 1. The van der Waals surface area contributed by atoms with Gasteiger partial charge in [-0.1, -0.05) is 0 Å². The molecule has 2 fully saturated rings. The highest BCUT2D eigenvalue weighted by atomic mass is 16.5. The second-order valence-corrected chi connectivity index (χ2v) is 7.12. The van der Waals surface area contributed by atoms with Crippen LogP contribution in [-0.4, -0.2) is 67.3 Å². The summed E-state index contributed by atoms with van der Waals surface area (Å²) in [4.78, 5) is 16.9. The van der Waals surface area contributed by atoms with Crippen molar-refractivity contribution >= 4 is 5.91 Å². The first-order valence-electron chi connectivity index (χ1n) is 9.16. The zero-order valence-corrected chi connectivity index (χ0v) is 14.5. The molecule has 0 unspecified atom stereocenters. The van der Waals surface area contributed by atoms with E-state index in [1.807, 2.05) is 4.90 Å². The average Bonchev–Trinajstić information content (AvgIpc) is 3.40. The monoisotopic (exact) mass is 332 g/mol. The molecule has 0 aromatic carbocycles. The van der Waals surface area contributed by atoms with Gasteiger partial charge in [0.15, 0.2) is 5.66 Å². The standard InChI is InChI=1S/C18H28N4O2/c1-2-3-7-18(19-20-18)8-4-17(23)22-11-9-21(10-12-22)15-16-5-13-24-14-6-16/h1,16H,3-15H2. The van der Waals surface area contributed by atoms with Gasteiger partial charge in [0.1, 0.15) is 0 Å². The van der Waals surface area contributed by atoms with Gasteiger partial charge in [0, 0.05) is 71.6 Å². The molecule has 6 nitrogen and oxygen atoms in total. The molecule has 0 radical (unpaired) electrons. The van der Waals surface area contributed by atoms with Gasteiger partial charge in [0.05, 0.1) is 0 Å². The Labute approximate surface area is 144 Å². The predicted octanol–water partition coefficient (Wildman–Crippen LogP) is 1.91. The lowest BCUT2D eigenvalue weighted by molar-refractivity contribution is -0.133. The first-order valence-corrected chi connectivity index (χ1v) is 9.16. The van der Waals surface area contributed by atoms with Gasteiger partial charge in [-0.05, 0) is 18.8 Å². The van der Waals surface area contributed by atoms with Crippen molar-refractivity contribution in [3.63, 3.8) is 0 Å². The molecule has 0 atom stereocenters. The summed E-state index contributed by atoms with van der Waals surface area (Å²) in [6.07, 6.45) is 10.3. The number of amides is 1. The van der Waals surface area contributed by atoms with Gasteiger partial charge in [0.2, 0.25) is 5.91 Å². The van der Waals surface area contributed by atoms with E-state index in [2.05, 4.69) is 21.0 Å². The maximum atomic E-state index is 12.4. The topological polar surface area (TPSA) is 57.5 Å². The summed E-state index contributed by atoms with van der Waals surface area (Å²) in [5.74, 6) is 3.62. The summed E-state index contributed by atoms with van der Waals surface area (Å²) >= 11 is 0. The van der Waals surface area contributed by atoms with Gasteiger partial charge >= 0.3 is 0 Å². The van der Waals surface area contributed by atoms with Gasteiger partial charge in [-0.15, -0.1) is 12.3 Å². The number of nitrogens with zero attached hydrogens (tertiary/aromatic N) is 4. The van der Waals surface area contributed by atoms with Crippen LogP contribution in [0.1, 0.15) is 38.5 Å². The first-order chi connectivity index (χ1) is 11.7. The molecule has 0 aromatic rings. The Morgan fingerprint density at radius 2 is 1.88 bits per heavy atom. The Bertz CT molecular complexity index is 494. The molecular weight excluding hydrogens is 304 g/mol. The molecule has 24 heavy (non-hydrogen) atoms. The molecule has 0 aliphatic carbocycles. The van der Waals surface area contributed by atoms with Gasteiger partial charge in [0.25, 0.3) is 0 Å². The zero-order valence-electron chi connectivity index (χ0n) is 14.5. The maximum Gasteiger partial charge on any atom is 0.222 e. The third kappa shape index (κ3) is 4.78. The van der Waals surface area contributed by atoms with E-state index < -0.39 is 0 Å². The molecule has 3 aliphatic rings. The van der Waals surface area contributed by atoms with Crippen LogP contribution in [0.4, 0.5) is 0 Å². The summed E-state index contributed by atoms with van der Waals surface area (Å²) < 4.78 is 5.42. The van der Waals surface area contributed by atoms with Crippen LogP contribution in [0, 0.1) is 18.3 Å². The molecule has 1 amide bonds. The van der Waals surface area contributed by atoms with E-state index in [9.17, 15) is 4.79 Å². The highest BCUT2D eigenvalue weighted by Crippen LogP contribution is 2.37. The lowest BCUT2D eigenvalue weighted by Crippen LogP contribution is -2.50.